The number of carbonyl (C=O) groups excluding carboxylic acids is 2. The summed E-state index contributed by atoms with van der Waals surface area (Å²) < 4.78 is 5.13. The smallest absolute Gasteiger partial charge is 0.316 e. The fourth-order valence-electron chi connectivity index (χ4n) is 3.24. The van der Waals surface area contributed by atoms with Gasteiger partial charge in [0.1, 0.15) is 0 Å². The van der Waals surface area contributed by atoms with Crippen LogP contribution in [0.5, 0.6) is 0 Å². The SMILES string of the molecule is NC(=O)C1CCN(C(=O)c2nc(-c3cnc4c(c3Cl)C=CC4)no2)CC1. The molecule has 0 radical (unpaired) electrons. The summed E-state index contributed by atoms with van der Waals surface area (Å²) in [4.78, 5) is 33.9. The van der Waals surface area contributed by atoms with Crippen molar-refractivity contribution in [3.05, 3.63) is 34.4 Å². The maximum Gasteiger partial charge on any atom is 0.316 e. The molecule has 0 unspecified atom stereocenters. The fourth-order valence-corrected chi connectivity index (χ4v) is 3.54. The molecule has 134 valence electrons. The van der Waals surface area contributed by atoms with E-state index >= 15 is 0 Å². The monoisotopic (exact) mass is 373 g/mol. The number of nitrogens with two attached hydrogens (primary N) is 1. The molecule has 1 aliphatic heterocycles. The van der Waals surface area contributed by atoms with Crippen molar-refractivity contribution in [2.75, 3.05) is 13.1 Å². The lowest BCUT2D eigenvalue weighted by atomic mass is 9.96. The van der Waals surface area contributed by atoms with Gasteiger partial charge >= 0.3 is 11.8 Å². The summed E-state index contributed by atoms with van der Waals surface area (Å²) in [5, 5.41) is 4.37. The Labute approximate surface area is 154 Å². The van der Waals surface area contributed by atoms with E-state index < -0.39 is 0 Å². The number of hydrogen-bond donors (Lipinski definition) is 1. The molecule has 4 rings (SSSR count). The minimum atomic E-state index is -0.364. The van der Waals surface area contributed by atoms with Crippen LogP contribution in [-0.4, -0.2) is 44.9 Å². The molecule has 0 atom stereocenters. The van der Waals surface area contributed by atoms with Crippen molar-refractivity contribution in [2.45, 2.75) is 19.3 Å². The number of aromatic nitrogens is 3. The molecule has 1 fully saturated rings. The number of rotatable bonds is 3. The van der Waals surface area contributed by atoms with Gasteiger partial charge in [-0.05, 0) is 12.8 Å². The molecular weight excluding hydrogens is 358 g/mol. The van der Waals surface area contributed by atoms with Crippen LogP contribution in [-0.2, 0) is 11.2 Å². The third-order valence-electron chi connectivity index (χ3n) is 4.76. The van der Waals surface area contributed by atoms with Crippen molar-refractivity contribution in [3.8, 4) is 11.4 Å². The maximum atomic E-state index is 12.5. The van der Waals surface area contributed by atoms with E-state index in [1.807, 2.05) is 12.2 Å². The lowest BCUT2D eigenvalue weighted by Crippen LogP contribution is -2.41. The third kappa shape index (κ3) is 2.86. The number of primary amides is 1. The summed E-state index contributed by atoms with van der Waals surface area (Å²) >= 11 is 6.42. The van der Waals surface area contributed by atoms with Crippen molar-refractivity contribution in [1.82, 2.24) is 20.0 Å². The molecule has 2 aromatic rings. The molecule has 2 N–H and O–H groups in total. The minimum Gasteiger partial charge on any atom is -0.369 e. The highest BCUT2D eigenvalue weighted by atomic mass is 35.5. The van der Waals surface area contributed by atoms with Crippen molar-refractivity contribution < 1.29 is 14.1 Å². The van der Waals surface area contributed by atoms with E-state index in [0.717, 1.165) is 17.7 Å². The molecule has 2 amide bonds. The standard InChI is InChI=1S/C17H16ClN5O3/c18-13-10-2-1-3-12(10)20-8-11(13)15-21-16(26-22-15)17(25)23-6-4-9(5-7-23)14(19)24/h1-2,8-9H,3-7H2,(H2,19,24). The van der Waals surface area contributed by atoms with E-state index in [9.17, 15) is 9.59 Å². The molecule has 0 aromatic carbocycles. The summed E-state index contributed by atoms with van der Waals surface area (Å²) in [5.74, 6) is -0.769. The van der Waals surface area contributed by atoms with Gasteiger partial charge in [-0.25, -0.2) is 0 Å². The first kappa shape index (κ1) is 16.7. The molecule has 9 heteroatoms. The maximum absolute atomic E-state index is 12.5. The zero-order valence-electron chi connectivity index (χ0n) is 13.8. The topological polar surface area (TPSA) is 115 Å². The van der Waals surface area contributed by atoms with E-state index in [2.05, 4.69) is 15.1 Å². The number of hydrogen-bond acceptors (Lipinski definition) is 6. The molecule has 0 spiro atoms. The molecule has 0 bridgehead atoms. The highest BCUT2D eigenvalue weighted by Crippen LogP contribution is 2.33. The Balaban J connectivity index is 1.53. The number of nitrogens with zero attached hydrogens (tertiary/aromatic N) is 4. The Morgan fingerprint density at radius 2 is 2.08 bits per heavy atom. The second-order valence-corrected chi connectivity index (χ2v) is 6.72. The third-order valence-corrected chi connectivity index (χ3v) is 5.17. The van der Waals surface area contributed by atoms with Gasteiger partial charge in [-0.2, -0.15) is 4.98 Å². The van der Waals surface area contributed by atoms with Crippen molar-refractivity contribution >= 4 is 29.5 Å². The number of carbonyl (C=O) groups is 2. The first-order chi connectivity index (χ1) is 12.5. The van der Waals surface area contributed by atoms with Crippen molar-refractivity contribution in [2.24, 2.45) is 11.7 Å². The van der Waals surface area contributed by atoms with E-state index in [4.69, 9.17) is 21.9 Å². The quantitative estimate of drug-likeness (QED) is 0.875. The van der Waals surface area contributed by atoms with Crippen LogP contribution >= 0.6 is 11.6 Å². The molecule has 1 aliphatic carbocycles. The average Bonchev–Trinajstić information content (AvgIpc) is 3.31. The Morgan fingerprint density at radius 3 is 2.81 bits per heavy atom. The van der Waals surface area contributed by atoms with Crippen LogP contribution in [0, 0.1) is 5.92 Å². The van der Waals surface area contributed by atoms with Crippen LogP contribution in [0.2, 0.25) is 5.02 Å². The Bertz CT molecular complexity index is 915. The van der Waals surface area contributed by atoms with Crippen LogP contribution in [0.1, 0.15) is 34.8 Å². The Hall–Kier alpha value is -2.74. The molecule has 26 heavy (non-hydrogen) atoms. The fraction of sp³-hybridized carbons (Fsp3) is 0.353. The van der Waals surface area contributed by atoms with E-state index in [1.165, 1.54) is 0 Å². The van der Waals surface area contributed by atoms with Gasteiger partial charge in [-0.1, -0.05) is 28.9 Å². The number of amides is 2. The molecule has 2 aromatic heterocycles. The second kappa shape index (κ2) is 6.53. The molecule has 8 nitrogen and oxygen atoms in total. The summed E-state index contributed by atoms with van der Waals surface area (Å²) in [5.41, 5.74) is 7.58. The van der Waals surface area contributed by atoms with Crippen molar-refractivity contribution in [1.29, 1.82) is 0 Å². The lowest BCUT2D eigenvalue weighted by molar-refractivity contribution is -0.123. The number of pyridine rings is 1. The predicted octanol–water partition coefficient (Wildman–Crippen LogP) is 1.69. The summed E-state index contributed by atoms with van der Waals surface area (Å²) in [6, 6.07) is 0. The van der Waals surface area contributed by atoms with E-state index in [-0.39, 0.29) is 29.4 Å². The zero-order chi connectivity index (χ0) is 18.3. The minimum absolute atomic E-state index is 0.107. The highest BCUT2D eigenvalue weighted by molar-refractivity contribution is 6.34. The average molecular weight is 374 g/mol. The summed E-state index contributed by atoms with van der Waals surface area (Å²) in [6.45, 7) is 0.853. The zero-order valence-corrected chi connectivity index (χ0v) is 14.6. The number of likely N-dealkylation sites (tertiary alicyclic amines) is 1. The summed E-state index contributed by atoms with van der Waals surface area (Å²) in [6.07, 6.45) is 7.29. The van der Waals surface area contributed by atoms with Gasteiger partial charge in [-0.15, -0.1) is 0 Å². The molecular formula is C17H16ClN5O3. The number of fused-ring (bicyclic) bond motifs is 1. The van der Waals surface area contributed by atoms with Gasteiger partial charge in [-0.3, -0.25) is 14.6 Å². The van der Waals surface area contributed by atoms with Crippen LogP contribution < -0.4 is 5.73 Å². The largest absolute Gasteiger partial charge is 0.369 e. The van der Waals surface area contributed by atoms with Crippen LogP contribution in [0.15, 0.2) is 16.8 Å². The predicted molar refractivity (Wildman–Crippen MR) is 93.1 cm³/mol. The number of piperidine rings is 1. The van der Waals surface area contributed by atoms with Crippen molar-refractivity contribution in [3.63, 3.8) is 0 Å². The van der Waals surface area contributed by atoms with Gasteiger partial charge in [0, 0.05) is 37.2 Å². The van der Waals surface area contributed by atoms with Crippen LogP contribution in [0.4, 0.5) is 0 Å². The first-order valence-corrected chi connectivity index (χ1v) is 8.69. The van der Waals surface area contributed by atoms with E-state index in [1.54, 1.807) is 11.1 Å². The highest BCUT2D eigenvalue weighted by Gasteiger charge is 2.29. The van der Waals surface area contributed by atoms with Crippen LogP contribution in [0.3, 0.4) is 0 Å². The summed E-state index contributed by atoms with van der Waals surface area (Å²) in [7, 11) is 0. The van der Waals surface area contributed by atoms with Crippen LogP contribution in [0.25, 0.3) is 17.5 Å². The number of halogens is 1. The first-order valence-electron chi connectivity index (χ1n) is 8.31. The van der Waals surface area contributed by atoms with Gasteiger partial charge in [0.05, 0.1) is 16.3 Å². The van der Waals surface area contributed by atoms with Gasteiger partial charge in [0.2, 0.25) is 11.7 Å². The van der Waals surface area contributed by atoms with Gasteiger partial charge in [0.25, 0.3) is 0 Å². The number of allylic oxidation sites excluding steroid dienone is 1. The Morgan fingerprint density at radius 1 is 1.31 bits per heavy atom. The van der Waals surface area contributed by atoms with Gasteiger partial charge < -0.3 is 15.2 Å². The Kier molecular flexibility index (Phi) is 4.20. The molecule has 3 heterocycles. The molecule has 2 aliphatic rings. The second-order valence-electron chi connectivity index (χ2n) is 6.34. The molecule has 1 saturated heterocycles. The molecule has 0 saturated carbocycles. The lowest BCUT2D eigenvalue weighted by Gasteiger charge is -2.29. The normalized spacial score (nSPS) is 16.7. The van der Waals surface area contributed by atoms with E-state index in [0.29, 0.717) is 36.5 Å². The van der Waals surface area contributed by atoms with Gasteiger partial charge in [0.15, 0.2) is 0 Å².